The summed E-state index contributed by atoms with van der Waals surface area (Å²) in [5.74, 6) is -0.265. The van der Waals surface area contributed by atoms with Crippen molar-refractivity contribution in [1.82, 2.24) is 10.2 Å². The quantitative estimate of drug-likeness (QED) is 0.895. The molecule has 0 spiro atoms. The fourth-order valence-electron chi connectivity index (χ4n) is 1.19. The van der Waals surface area contributed by atoms with Crippen LogP contribution in [0.1, 0.15) is 10.4 Å². The first-order valence-electron chi connectivity index (χ1n) is 4.42. The minimum atomic E-state index is -0.265. The predicted molar refractivity (Wildman–Crippen MR) is 65.7 cm³/mol. The van der Waals surface area contributed by atoms with Gasteiger partial charge in [-0.1, -0.05) is 27.5 Å². The molecule has 0 fully saturated rings. The number of aromatic amines is 1. The highest BCUT2D eigenvalue weighted by Gasteiger charge is 2.10. The van der Waals surface area contributed by atoms with Crippen LogP contribution >= 0.6 is 27.5 Å². The molecule has 0 aliphatic heterocycles. The van der Waals surface area contributed by atoms with Crippen molar-refractivity contribution in [3.05, 3.63) is 45.7 Å². The number of benzene rings is 1. The third-order valence-electron chi connectivity index (χ3n) is 1.93. The molecule has 0 radical (unpaired) electrons. The van der Waals surface area contributed by atoms with E-state index in [2.05, 4.69) is 31.4 Å². The van der Waals surface area contributed by atoms with E-state index in [1.807, 2.05) is 0 Å². The second-order valence-electron chi connectivity index (χ2n) is 3.07. The van der Waals surface area contributed by atoms with Crippen LogP contribution in [0.2, 0.25) is 5.02 Å². The number of amides is 1. The van der Waals surface area contributed by atoms with E-state index >= 15 is 0 Å². The van der Waals surface area contributed by atoms with Crippen LogP contribution in [0.25, 0.3) is 0 Å². The van der Waals surface area contributed by atoms with Gasteiger partial charge in [0.2, 0.25) is 0 Å². The van der Waals surface area contributed by atoms with Gasteiger partial charge in [0.1, 0.15) is 0 Å². The minimum absolute atomic E-state index is 0.265. The van der Waals surface area contributed by atoms with Crippen molar-refractivity contribution in [3.8, 4) is 0 Å². The molecule has 16 heavy (non-hydrogen) atoms. The second kappa shape index (κ2) is 4.67. The molecule has 0 bridgehead atoms. The van der Waals surface area contributed by atoms with E-state index in [-0.39, 0.29) is 5.91 Å². The standard InChI is InChI=1S/C10H7BrClN3O/c11-6-1-2-8(9(12)3-6)10(16)15-7-4-13-14-5-7/h1-5H,(H,13,14)(H,15,16). The van der Waals surface area contributed by atoms with Gasteiger partial charge in [0.25, 0.3) is 5.91 Å². The highest BCUT2D eigenvalue weighted by Crippen LogP contribution is 2.22. The van der Waals surface area contributed by atoms with Gasteiger partial charge in [0.05, 0.1) is 22.5 Å². The van der Waals surface area contributed by atoms with Crippen LogP contribution in [-0.4, -0.2) is 16.1 Å². The van der Waals surface area contributed by atoms with Crippen molar-refractivity contribution in [2.24, 2.45) is 0 Å². The van der Waals surface area contributed by atoms with Crippen LogP contribution in [0, 0.1) is 0 Å². The summed E-state index contributed by atoms with van der Waals surface area (Å²) >= 11 is 9.23. The molecular formula is C10H7BrClN3O. The zero-order valence-corrected chi connectivity index (χ0v) is 10.3. The third-order valence-corrected chi connectivity index (χ3v) is 2.74. The summed E-state index contributed by atoms with van der Waals surface area (Å²) < 4.78 is 0.831. The van der Waals surface area contributed by atoms with Crippen molar-refractivity contribution in [1.29, 1.82) is 0 Å². The Kier molecular flexibility index (Phi) is 3.26. The van der Waals surface area contributed by atoms with Crippen LogP contribution in [0.15, 0.2) is 35.1 Å². The van der Waals surface area contributed by atoms with Crippen molar-refractivity contribution < 1.29 is 4.79 Å². The fourth-order valence-corrected chi connectivity index (χ4v) is 1.95. The number of nitrogens with one attached hydrogen (secondary N) is 2. The Balaban J connectivity index is 2.21. The molecule has 1 aromatic carbocycles. The lowest BCUT2D eigenvalue weighted by molar-refractivity contribution is 0.102. The first kappa shape index (κ1) is 11.2. The summed E-state index contributed by atoms with van der Waals surface area (Å²) in [6, 6.07) is 5.09. The van der Waals surface area contributed by atoms with Gasteiger partial charge in [-0.3, -0.25) is 9.89 Å². The number of anilines is 1. The van der Waals surface area contributed by atoms with E-state index in [0.717, 1.165) is 4.47 Å². The van der Waals surface area contributed by atoms with Crippen molar-refractivity contribution in [2.45, 2.75) is 0 Å². The molecule has 2 aromatic rings. The normalized spacial score (nSPS) is 10.1. The zero-order chi connectivity index (χ0) is 11.5. The smallest absolute Gasteiger partial charge is 0.257 e. The summed E-state index contributed by atoms with van der Waals surface area (Å²) in [6.45, 7) is 0. The molecule has 2 rings (SSSR count). The van der Waals surface area contributed by atoms with E-state index in [1.165, 1.54) is 6.20 Å². The van der Waals surface area contributed by atoms with E-state index in [1.54, 1.807) is 24.4 Å². The lowest BCUT2D eigenvalue weighted by Crippen LogP contribution is -2.11. The van der Waals surface area contributed by atoms with E-state index in [0.29, 0.717) is 16.3 Å². The number of H-pyrrole nitrogens is 1. The molecule has 0 saturated heterocycles. The molecule has 1 aromatic heterocycles. The van der Waals surface area contributed by atoms with Crippen LogP contribution < -0.4 is 5.32 Å². The second-order valence-corrected chi connectivity index (χ2v) is 4.39. The van der Waals surface area contributed by atoms with Gasteiger partial charge >= 0.3 is 0 Å². The molecule has 6 heteroatoms. The van der Waals surface area contributed by atoms with E-state index < -0.39 is 0 Å². The molecule has 1 amide bonds. The number of nitrogens with zero attached hydrogens (tertiary/aromatic N) is 1. The molecular weight excluding hydrogens is 293 g/mol. The Morgan fingerprint density at radius 3 is 2.94 bits per heavy atom. The summed E-state index contributed by atoms with van der Waals surface area (Å²) in [4.78, 5) is 11.8. The van der Waals surface area contributed by atoms with Gasteiger partial charge in [0.15, 0.2) is 0 Å². The summed E-state index contributed by atoms with van der Waals surface area (Å²) in [7, 11) is 0. The molecule has 0 atom stereocenters. The number of aromatic nitrogens is 2. The first-order valence-corrected chi connectivity index (χ1v) is 5.59. The van der Waals surface area contributed by atoms with Gasteiger partial charge in [-0.2, -0.15) is 5.10 Å². The monoisotopic (exact) mass is 299 g/mol. The maximum Gasteiger partial charge on any atom is 0.257 e. The summed E-state index contributed by atoms with van der Waals surface area (Å²) in [5.41, 5.74) is 1.02. The number of carbonyl (C=O) groups excluding carboxylic acids is 1. The molecule has 0 aliphatic rings. The van der Waals surface area contributed by atoms with Crippen LogP contribution in [-0.2, 0) is 0 Å². The molecule has 1 heterocycles. The fraction of sp³-hybridized carbons (Fsp3) is 0. The average Bonchev–Trinajstić information content (AvgIpc) is 2.70. The largest absolute Gasteiger partial charge is 0.319 e. The molecule has 0 unspecified atom stereocenters. The van der Waals surface area contributed by atoms with Gasteiger partial charge in [-0.25, -0.2) is 0 Å². The zero-order valence-electron chi connectivity index (χ0n) is 8.00. The molecule has 4 nitrogen and oxygen atoms in total. The van der Waals surface area contributed by atoms with Crippen molar-refractivity contribution >= 4 is 39.1 Å². The number of halogens is 2. The maximum absolute atomic E-state index is 11.8. The number of hydrogen-bond donors (Lipinski definition) is 2. The lowest BCUT2D eigenvalue weighted by Gasteiger charge is -2.04. The highest BCUT2D eigenvalue weighted by atomic mass is 79.9. The maximum atomic E-state index is 11.8. The Morgan fingerprint density at radius 1 is 1.50 bits per heavy atom. The summed E-state index contributed by atoms with van der Waals surface area (Å²) in [5, 5.41) is 9.39. The minimum Gasteiger partial charge on any atom is -0.319 e. The van der Waals surface area contributed by atoms with Gasteiger partial charge < -0.3 is 5.32 Å². The first-order chi connectivity index (χ1) is 7.66. The van der Waals surface area contributed by atoms with Crippen LogP contribution in [0.3, 0.4) is 0 Å². The Hall–Kier alpha value is -1.33. The molecule has 0 saturated carbocycles. The average molecular weight is 301 g/mol. The van der Waals surface area contributed by atoms with Crippen LogP contribution in [0.5, 0.6) is 0 Å². The third kappa shape index (κ3) is 2.43. The van der Waals surface area contributed by atoms with Gasteiger partial charge in [-0.15, -0.1) is 0 Å². The van der Waals surface area contributed by atoms with Gasteiger partial charge in [-0.05, 0) is 18.2 Å². The Bertz CT molecular complexity index is 513. The molecule has 82 valence electrons. The highest BCUT2D eigenvalue weighted by molar-refractivity contribution is 9.10. The number of hydrogen-bond acceptors (Lipinski definition) is 2. The van der Waals surface area contributed by atoms with Gasteiger partial charge in [0, 0.05) is 10.7 Å². The molecule has 0 aliphatic carbocycles. The van der Waals surface area contributed by atoms with E-state index in [4.69, 9.17) is 11.6 Å². The Labute approximate surface area is 105 Å². The molecule has 2 N–H and O–H groups in total. The Morgan fingerprint density at radius 2 is 2.31 bits per heavy atom. The van der Waals surface area contributed by atoms with E-state index in [9.17, 15) is 4.79 Å². The number of rotatable bonds is 2. The van der Waals surface area contributed by atoms with Crippen LogP contribution in [0.4, 0.5) is 5.69 Å². The van der Waals surface area contributed by atoms with Crippen molar-refractivity contribution in [2.75, 3.05) is 5.32 Å². The lowest BCUT2D eigenvalue weighted by atomic mass is 10.2. The topological polar surface area (TPSA) is 57.8 Å². The predicted octanol–water partition coefficient (Wildman–Crippen LogP) is 3.08. The SMILES string of the molecule is O=C(Nc1cn[nH]c1)c1ccc(Br)cc1Cl. The number of carbonyl (C=O) groups is 1. The van der Waals surface area contributed by atoms with Crippen molar-refractivity contribution in [3.63, 3.8) is 0 Å². The summed E-state index contributed by atoms with van der Waals surface area (Å²) in [6.07, 6.45) is 3.11.